The molecule has 1 saturated carbocycles. The Morgan fingerprint density at radius 1 is 1.36 bits per heavy atom. The van der Waals surface area contributed by atoms with Gasteiger partial charge in [-0.15, -0.1) is 5.10 Å². The largest absolute Gasteiger partial charge is 0.488 e. The Balaban J connectivity index is 1.78. The minimum Gasteiger partial charge on any atom is -0.488 e. The Hall–Kier alpha value is -2.72. The number of carbonyl (C=O) groups excluding carboxylic acids is 1. The normalized spacial score (nSPS) is 14.8. The number of aliphatic hydroxyl groups is 1. The second-order valence-corrected chi connectivity index (χ2v) is 7.18. The summed E-state index contributed by atoms with van der Waals surface area (Å²) < 4.78 is 13.1. The third-order valence-electron chi connectivity index (χ3n) is 4.23. The molecule has 28 heavy (non-hydrogen) atoms. The van der Waals surface area contributed by atoms with Crippen molar-refractivity contribution < 1.29 is 19.4 Å². The molecule has 3 rings (SSSR count). The number of hydrogen-bond acceptors (Lipinski definition) is 8. The van der Waals surface area contributed by atoms with E-state index in [9.17, 15) is 9.90 Å². The molecule has 0 aromatic carbocycles. The molecule has 1 aliphatic carbocycles. The first-order chi connectivity index (χ1) is 13.3. The second kappa shape index (κ2) is 8.53. The predicted molar refractivity (Wildman–Crippen MR) is 101 cm³/mol. The highest BCUT2D eigenvalue weighted by Crippen LogP contribution is 2.35. The molecular formula is C18H26N6O4. The Labute approximate surface area is 163 Å². The number of amides is 1. The van der Waals surface area contributed by atoms with Crippen molar-refractivity contribution in [3.63, 3.8) is 0 Å². The topological polar surface area (TPSA) is 106 Å². The zero-order valence-electron chi connectivity index (χ0n) is 16.6. The third kappa shape index (κ3) is 5.17. The highest BCUT2D eigenvalue weighted by molar-refractivity contribution is 5.77. The van der Waals surface area contributed by atoms with Gasteiger partial charge in [-0.05, 0) is 26.9 Å². The Kier molecular flexibility index (Phi) is 6.10. The molecule has 1 unspecified atom stereocenters. The van der Waals surface area contributed by atoms with Gasteiger partial charge in [-0.1, -0.05) is 5.21 Å². The van der Waals surface area contributed by atoms with Crippen molar-refractivity contribution in [1.29, 1.82) is 0 Å². The summed E-state index contributed by atoms with van der Waals surface area (Å²) in [6.45, 7) is 0.210. The van der Waals surface area contributed by atoms with Gasteiger partial charge in [0, 0.05) is 20.2 Å². The van der Waals surface area contributed by atoms with Gasteiger partial charge in [0.15, 0.2) is 12.4 Å². The van der Waals surface area contributed by atoms with Crippen molar-refractivity contribution in [2.24, 2.45) is 0 Å². The first-order valence-corrected chi connectivity index (χ1v) is 9.08. The van der Waals surface area contributed by atoms with E-state index >= 15 is 0 Å². The van der Waals surface area contributed by atoms with E-state index in [0.717, 1.165) is 12.8 Å². The molecule has 2 aromatic heterocycles. The van der Waals surface area contributed by atoms with Crippen LogP contribution in [0.1, 0.15) is 12.8 Å². The summed E-state index contributed by atoms with van der Waals surface area (Å²) in [6, 6.07) is 1.72. The summed E-state index contributed by atoms with van der Waals surface area (Å²) in [4.78, 5) is 19.3. The molecule has 1 N–H and O–H groups in total. The summed E-state index contributed by atoms with van der Waals surface area (Å²) in [7, 11) is 6.91. The summed E-state index contributed by atoms with van der Waals surface area (Å²) in [5.41, 5.74) is 1.08. The van der Waals surface area contributed by atoms with Crippen LogP contribution in [0.5, 0.6) is 11.5 Å². The number of aromatic nitrogens is 4. The maximum absolute atomic E-state index is 11.7. The minimum atomic E-state index is -0.672. The molecule has 1 amide bonds. The van der Waals surface area contributed by atoms with E-state index in [1.165, 1.54) is 11.1 Å². The molecule has 0 saturated heterocycles. The summed E-state index contributed by atoms with van der Waals surface area (Å²) in [5.74, 6) is 0.846. The number of hydrogen-bond donors (Lipinski definition) is 1. The van der Waals surface area contributed by atoms with Gasteiger partial charge < -0.3 is 19.5 Å². The molecule has 1 atom stereocenters. The molecule has 152 valence electrons. The van der Waals surface area contributed by atoms with Crippen LogP contribution in [0.2, 0.25) is 0 Å². The maximum Gasteiger partial charge on any atom is 0.259 e. The van der Waals surface area contributed by atoms with Gasteiger partial charge >= 0.3 is 0 Å². The van der Waals surface area contributed by atoms with E-state index in [1.807, 2.05) is 0 Å². The smallest absolute Gasteiger partial charge is 0.259 e. The van der Waals surface area contributed by atoms with Gasteiger partial charge in [0.1, 0.15) is 23.4 Å². The van der Waals surface area contributed by atoms with E-state index in [-0.39, 0.29) is 25.2 Å². The van der Waals surface area contributed by atoms with Crippen molar-refractivity contribution >= 4 is 5.91 Å². The molecule has 2 heterocycles. The monoisotopic (exact) mass is 390 g/mol. The van der Waals surface area contributed by atoms with Crippen molar-refractivity contribution in [2.75, 3.05) is 34.8 Å². The van der Waals surface area contributed by atoms with Gasteiger partial charge in [0.05, 0.1) is 25.0 Å². The standard InChI is InChI=1S/C18H26N6O4/c1-22(2)16(25)10-24-9-14(20-21-24)18-15(28-12-5-6-12)7-13(8-19-18)27-11-17(26)23(3)4/h7-9,12,16,25H,5-6,10-11H2,1-4H3. The van der Waals surface area contributed by atoms with Crippen molar-refractivity contribution in [1.82, 2.24) is 29.8 Å². The third-order valence-corrected chi connectivity index (χ3v) is 4.23. The highest BCUT2D eigenvalue weighted by atomic mass is 16.5. The average Bonchev–Trinajstić information content (AvgIpc) is 3.35. The molecule has 0 aliphatic heterocycles. The molecule has 0 radical (unpaired) electrons. The zero-order valence-corrected chi connectivity index (χ0v) is 16.6. The Bertz CT molecular complexity index is 818. The molecule has 0 bridgehead atoms. The lowest BCUT2D eigenvalue weighted by Gasteiger charge is -2.17. The molecular weight excluding hydrogens is 364 g/mol. The summed E-state index contributed by atoms with van der Waals surface area (Å²) >= 11 is 0. The Morgan fingerprint density at radius 3 is 2.75 bits per heavy atom. The maximum atomic E-state index is 11.7. The Morgan fingerprint density at radius 2 is 2.11 bits per heavy atom. The van der Waals surface area contributed by atoms with Gasteiger partial charge in [0.2, 0.25) is 0 Å². The van der Waals surface area contributed by atoms with E-state index in [1.54, 1.807) is 50.0 Å². The molecule has 1 aliphatic rings. The van der Waals surface area contributed by atoms with Crippen LogP contribution in [0, 0.1) is 0 Å². The van der Waals surface area contributed by atoms with Gasteiger partial charge in [-0.25, -0.2) is 9.67 Å². The fraction of sp³-hybridized carbons (Fsp3) is 0.556. The summed E-state index contributed by atoms with van der Waals surface area (Å²) in [6.07, 6.45) is 4.72. The van der Waals surface area contributed by atoms with E-state index in [2.05, 4.69) is 15.3 Å². The van der Waals surface area contributed by atoms with Crippen molar-refractivity contribution in [3.8, 4) is 22.9 Å². The van der Waals surface area contributed by atoms with Crippen molar-refractivity contribution in [3.05, 3.63) is 18.5 Å². The summed E-state index contributed by atoms with van der Waals surface area (Å²) in [5, 5.41) is 18.2. The van der Waals surface area contributed by atoms with Crippen LogP contribution in [-0.2, 0) is 11.3 Å². The van der Waals surface area contributed by atoms with Crippen LogP contribution in [-0.4, -0.2) is 87.9 Å². The van der Waals surface area contributed by atoms with E-state index in [0.29, 0.717) is 22.9 Å². The number of aliphatic hydroxyl groups excluding tert-OH is 1. The van der Waals surface area contributed by atoms with Crippen LogP contribution >= 0.6 is 0 Å². The highest BCUT2D eigenvalue weighted by Gasteiger charge is 2.26. The molecule has 2 aromatic rings. The molecule has 1 fully saturated rings. The number of nitrogens with zero attached hydrogens (tertiary/aromatic N) is 6. The zero-order chi connectivity index (χ0) is 20.3. The first kappa shape index (κ1) is 20.0. The number of ether oxygens (including phenoxy) is 2. The quantitative estimate of drug-likeness (QED) is 0.607. The van der Waals surface area contributed by atoms with Crippen molar-refractivity contribution in [2.45, 2.75) is 31.7 Å². The van der Waals surface area contributed by atoms with Crippen LogP contribution in [0.3, 0.4) is 0 Å². The van der Waals surface area contributed by atoms with Crippen LogP contribution < -0.4 is 9.47 Å². The molecule has 0 spiro atoms. The van der Waals surface area contributed by atoms with Gasteiger partial charge in [-0.2, -0.15) is 0 Å². The lowest BCUT2D eigenvalue weighted by molar-refractivity contribution is -0.130. The van der Waals surface area contributed by atoms with Gasteiger partial charge in [-0.3, -0.25) is 9.69 Å². The number of pyridine rings is 1. The lowest BCUT2D eigenvalue weighted by Crippen LogP contribution is -2.31. The lowest BCUT2D eigenvalue weighted by atomic mass is 10.2. The average molecular weight is 390 g/mol. The SMILES string of the molecule is CN(C)C(=O)COc1cnc(-c2cn(CC(O)N(C)C)nn2)c(OC2CC2)c1. The van der Waals surface area contributed by atoms with Crippen LogP contribution in [0.25, 0.3) is 11.4 Å². The predicted octanol–water partition coefficient (Wildman–Crippen LogP) is 0.228. The van der Waals surface area contributed by atoms with Crippen LogP contribution in [0.15, 0.2) is 18.5 Å². The van der Waals surface area contributed by atoms with E-state index in [4.69, 9.17) is 9.47 Å². The molecule has 10 heteroatoms. The van der Waals surface area contributed by atoms with Gasteiger partial charge in [0.25, 0.3) is 5.91 Å². The minimum absolute atomic E-state index is 0.0739. The molecule has 10 nitrogen and oxygen atoms in total. The van der Waals surface area contributed by atoms with E-state index < -0.39 is 6.23 Å². The fourth-order valence-corrected chi connectivity index (χ4v) is 2.25. The number of likely N-dealkylation sites (N-methyl/N-ethyl adjacent to an activating group) is 2. The number of carbonyl (C=O) groups is 1. The fourth-order valence-electron chi connectivity index (χ4n) is 2.25. The first-order valence-electron chi connectivity index (χ1n) is 9.08. The van der Waals surface area contributed by atoms with Crippen LogP contribution in [0.4, 0.5) is 0 Å². The number of rotatable bonds is 9. The second-order valence-electron chi connectivity index (χ2n) is 7.18.